The van der Waals surface area contributed by atoms with E-state index in [0.29, 0.717) is 17.2 Å². The number of methoxy groups -OCH3 is 1. The van der Waals surface area contributed by atoms with E-state index >= 15 is 0 Å². The van der Waals surface area contributed by atoms with Gasteiger partial charge in [-0.25, -0.2) is 8.78 Å². The normalized spacial score (nSPS) is 18.3. The van der Waals surface area contributed by atoms with Crippen molar-refractivity contribution in [2.45, 2.75) is 32.4 Å². The summed E-state index contributed by atoms with van der Waals surface area (Å²) < 4.78 is 37.7. The van der Waals surface area contributed by atoms with Crippen LogP contribution in [0.1, 0.15) is 30.4 Å². The number of hydrogen-bond acceptors (Lipinski definition) is 3. The van der Waals surface area contributed by atoms with Crippen molar-refractivity contribution in [2.24, 2.45) is 5.92 Å². The highest BCUT2D eigenvalue weighted by Crippen LogP contribution is 2.21. The molecular formula is C22H27F2NO2. The summed E-state index contributed by atoms with van der Waals surface area (Å²) in [7, 11) is 1.77. The first-order valence-electron chi connectivity index (χ1n) is 9.51. The Hall–Kier alpha value is -1.98. The highest BCUT2D eigenvalue weighted by molar-refractivity contribution is 5.29. The highest BCUT2D eigenvalue weighted by atomic mass is 19.1. The van der Waals surface area contributed by atoms with Crippen LogP contribution < -0.4 is 4.74 Å². The van der Waals surface area contributed by atoms with Crippen LogP contribution in [0.15, 0.2) is 42.5 Å². The molecule has 1 atom stereocenters. The summed E-state index contributed by atoms with van der Waals surface area (Å²) in [5.74, 6) is 0.188. The van der Waals surface area contributed by atoms with Gasteiger partial charge in [0.05, 0.1) is 0 Å². The zero-order chi connectivity index (χ0) is 19.1. The fraction of sp³-hybridized carbons (Fsp3) is 0.455. The van der Waals surface area contributed by atoms with Crippen molar-refractivity contribution >= 4 is 0 Å². The first-order chi connectivity index (χ1) is 13.1. The molecule has 27 heavy (non-hydrogen) atoms. The lowest BCUT2D eigenvalue weighted by Crippen LogP contribution is -2.24. The van der Waals surface area contributed by atoms with Gasteiger partial charge in [-0.05, 0) is 68.1 Å². The van der Waals surface area contributed by atoms with Gasteiger partial charge < -0.3 is 9.47 Å². The molecule has 3 rings (SSSR count). The number of hydrogen-bond donors (Lipinski definition) is 0. The second-order valence-corrected chi connectivity index (χ2v) is 7.20. The van der Waals surface area contributed by atoms with Crippen LogP contribution in [0.3, 0.4) is 0 Å². The average molecular weight is 375 g/mol. The van der Waals surface area contributed by atoms with Crippen LogP contribution >= 0.6 is 0 Å². The minimum Gasteiger partial charge on any atom is -0.489 e. The van der Waals surface area contributed by atoms with E-state index in [1.807, 2.05) is 18.2 Å². The largest absolute Gasteiger partial charge is 0.489 e. The number of likely N-dealkylation sites (tertiary alicyclic amines) is 1. The van der Waals surface area contributed by atoms with Crippen molar-refractivity contribution in [1.82, 2.24) is 4.90 Å². The number of rotatable bonds is 7. The minimum atomic E-state index is -0.582. The predicted molar refractivity (Wildman–Crippen MR) is 102 cm³/mol. The molecule has 2 aromatic carbocycles. The molecule has 1 heterocycles. The Morgan fingerprint density at radius 2 is 1.96 bits per heavy atom. The van der Waals surface area contributed by atoms with Gasteiger partial charge in [0.1, 0.15) is 24.0 Å². The molecule has 146 valence electrons. The minimum absolute atomic E-state index is 0.0813. The molecule has 0 aromatic heterocycles. The summed E-state index contributed by atoms with van der Waals surface area (Å²) >= 11 is 0. The van der Waals surface area contributed by atoms with Gasteiger partial charge in [0, 0.05) is 31.9 Å². The standard InChI is InChI=1S/C22H27F2NO2/c1-26-15-17-5-3-10-25(11-9-17)14-18-4-2-6-21(12-18)27-16-19-7-8-20(23)13-22(19)24/h2,4,6-8,12-13,17H,3,5,9-11,14-16H2,1H3. The second-order valence-electron chi connectivity index (χ2n) is 7.20. The van der Waals surface area contributed by atoms with Crippen molar-refractivity contribution in [3.8, 4) is 5.75 Å². The van der Waals surface area contributed by atoms with Crippen molar-refractivity contribution in [2.75, 3.05) is 26.8 Å². The third-order valence-electron chi connectivity index (χ3n) is 5.06. The third kappa shape index (κ3) is 6.01. The first kappa shape index (κ1) is 19.8. The topological polar surface area (TPSA) is 21.7 Å². The Morgan fingerprint density at radius 1 is 1.07 bits per heavy atom. The molecule has 1 unspecified atom stereocenters. The Morgan fingerprint density at radius 3 is 2.78 bits per heavy atom. The van der Waals surface area contributed by atoms with Gasteiger partial charge in [-0.1, -0.05) is 12.1 Å². The van der Waals surface area contributed by atoms with Gasteiger partial charge in [-0.15, -0.1) is 0 Å². The van der Waals surface area contributed by atoms with E-state index in [2.05, 4.69) is 11.0 Å². The summed E-state index contributed by atoms with van der Waals surface area (Å²) in [4.78, 5) is 2.47. The Balaban J connectivity index is 1.55. The first-order valence-corrected chi connectivity index (χ1v) is 9.51. The van der Waals surface area contributed by atoms with Crippen LogP contribution in [-0.2, 0) is 17.9 Å². The van der Waals surface area contributed by atoms with Crippen LogP contribution in [0, 0.1) is 17.6 Å². The smallest absolute Gasteiger partial charge is 0.132 e. The van der Waals surface area contributed by atoms with E-state index < -0.39 is 11.6 Å². The van der Waals surface area contributed by atoms with Crippen molar-refractivity contribution in [3.63, 3.8) is 0 Å². The molecule has 1 saturated heterocycles. The number of ether oxygens (including phenoxy) is 2. The van der Waals surface area contributed by atoms with Gasteiger partial charge in [0.15, 0.2) is 0 Å². The van der Waals surface area contributed by atoms with Gasteiger partial charge in [-0.3, -0.25) is 4.90 Å². The van der Waals surface area contributed by atoms with Crippen molar-refractivity contribution in [1.29, 1.82) is 0 Å². The molecular weight excluding hydrogens is 348 g/mol. The van der Waals surface area contributed by atoms with Crippen molar-refractivity contribution in [3.05, 3.63) is 65.2 Å². The maximum absolute atomic E-state index is 13.7. The van der Waals surface area contributed by atoms with Crippen LogP contribution in [0.2, 0.25) is 0 Å². The monoisotopic (exact) mass is 375 g/mol. The van der Waals surface area contributed by atoms with Gasteiger partial charge in [0.25, 0.3) is 0 Å². The molecule has 1 fully saturated rings. The molecule has 1 aliphatic heterocycles. The Kier molecular flexibility index (Phi) is 7.18. The maximum Gasteiger partial charge on any atom is 0.132 e. The molecule has 0 saturated carbocycles. The van der Waals surface area contributed by atoms with E-state index in [1.54, 1.807) is 7.11 Å². The van der Waals surface area contributed by atoms with Gasteiger partial charge in [-0.2, -0.15) is 0 Å². The molecule has 1 aliphatic rings. The average Bonchev–Trinajstić information content (AvgIpc) is 2.87. The molecule has 5 heteroatoms. The Bertz CT molecular complexity index is 738. The summed E-state index contributed by atoms with van der Waals surface area (Å²) in [6.45, 7) is 3.96. The number of halogens is 2. The zero-order valence-corrected chi connectivity index (χ0v) is 15.8. The lowest BCUT2D eigenvalue weighted by Gasteiger charge is -2.20. The molecule has 0 bridgehead atoms. The van der Waals surface area contributed by atoms with Crippen LogP contribution in [-0.4, -0.2) is 31.7 Å². The Labute approximate surface area is 159 Å². The van der Waals surface area contributed by atoms with Crippen LogP contribution in [0.4, 0.5) is 8.78 Å². The number of benzene rings is 2. The molecule has 0 spiro atoms. The number of nitrogens with zero attached hydrogens (tertiary/aromatic N) is 1. The molecule has 3 nitrogen and oxygen atoms in total. The second kappa shape index (κ2) is 9.81. The molecule has 0 radical (unpaired) electrons. The summed E-state index contributed by atoms with van der Waals surface area (Å²) in [5.41, 5.74) is 1.52. The van der Waals surface area contributed by atoms with Crippen LogP contribution in [0.25, 0.3) is 0 Å². The van der Waals surface area contributed by atoms with E-state index in [-0.39, 0.29) is 6.61 Å². The quantitative estimate of drug-likeness (QED) is 0.694. The van der Waals surface area contributed by atoms with E-state index in [4.69, 9.17) is 9.47 Å². The van der Waals surface area contributed by atoms with Crippen molar-refractivity contribution < 1.29 is 18.3 Å². The lowest BCUT2D eigenvalue weighted by molar-refractivity contribution is 0.143. The summed E-state index contributed by atoms with van der Waals surface area (Å²) in [6, 6.07) is 11.4. The molecule has 0 amide bonds. The third-order valence-corrected chi connectivity index (χ3v) is 5.06. The molecule has 0 aliphatic carbocycles. The lowest BCUT2D eigenvalue weighted by atomic mass is 10.0. The summed E-state index contributed by atoms with van der Waals surface area (Å²) in [5, 5.41) is 0. The van der Waals surface area contributed by atoms with E-state index in [0.717, 1.165) is 38.7 Å². The zero-order valence-electron chi connectivity index (χ0n) is 15.8. The summed E-state index contributed by atoms with van der Waals surface area (Å²) in [6.07, 6.45) is 3.57. The van der Waals surface area contributed by atoms with E-state index in [9.17, 15) is 8.78 Å². The fourth-order valence-corrected chi connectivity index (χ4v) is 3.58. The predicted octanol–water partition coefficient (Wildman–Crippen LogP) is 4.79. The molecule has 2 aromatic rings. The fourth-order valence-electron chi connectivity index (χ4n) is 3.58. The SMILES string of the molecule is COCC1CCCN(Cc2cccc(OCc3ccc(F)cc3F)c2)CC1. The van der Waals surface area contributed by atoms with Gasteiger partial charge in [0.2, 0.25) is 0 Å². The molecule has 0 N–H and O–H groups in total. The maximum atomic E-state index is 13.7. The van der Waals surface area contributed by atoms with Crippen LogP contribution in [0.5, 0.6) is 5.75 Å². The highest BCUT2D eigenvalue weighted by Gasteiger charge is 2.17. The van der Waals surface area contributed by atoms with Gasteiger partial charge >= 0.3 is 0 Å². The van der Waals surface area contributed by atoms with E-state index in [1.165, 1.54) is 30.5 Å².